The molecule has 0 aliphatic rings. The molecule has 1 heterocycles. The minimum atomic E-state index is -3.41. The molecule has 8 nitrogen and oxygen atoms in total. The third-order valence-electron chi connectivity index (χ3n) is 4.32. The summed E-state index contributed by atoms with van der Waals surface area (Å²) >= 11 is 0. The summed E-state index contributed by atoms with van der Waals surface area (Å²) in [6.07, 6.45) is 2.76. The highest BCUT2D eigenvalue weighted by atomic mass is 32.2. The fourth-order valence-corrected chi connectivity index (χ4v) is 3.34. The second-order valence-corrected chi connectivity index (χ2v) is 8.49. The minimum absolute atomic E-state index is 0.0919. The molecule has 2 aromatic carbocycles. The summed E-state index contributed by atoms with van der Waals surface area (Å²) in [6.45, 7) is 1.74. The third kappa shape index (κ3) is 4.52. The monoisotopic (exact) mass is 412 g/mol. The average molecular weight is 412 g/mol. The average Bonchev–Trinajstić information content (AvgIpc) is 3.17. The predicted molar refractivity (Wildman–Crippen MR) is 109 cm³/mol. The third-order valence-corrected chi connectivity index (χ3v) is 5.43. The van der Waals surface area contributed by atoms with Crippen LogP contribution in [0.2, 0.25) is 0 Å². The smallest absolute Gasteiger partial charge is 0.271 e. The molecule has 0 spiro atoms. The lowest BCUT2D eigenvalue weighted by Gasteiger charge is -2.10. The summed E-state index contributed by atoms with van der Waals surface area (Å²) in [5, 5.41) is 9.47. The Kier molecular flexibility index (Phi) is 5.51. The van der Waals surface area contributed by atoms with Crippen LogP contribution in [0, 0.1) is 6.92 Å². The molecule has 2 amide bonds. The van der Waals surface area contributed by atoms with Crippen molar-refractivity contribution in [1.29, 1.82) is 0 Å². The number of aromatic nitrogens is 2. The van der Waals surface area contributed by atoms with Crippen LogP contribution in [-0.4, -0.2) is 43.3 Å². The van der Waals surface area contributed by atoms with E-state index in [2.05, 4.69) is 15.7 Å². The Balaban J connectivity index is 1.79. The molecule has 3 aromatic rings. The fraction of sp³-hybridized carbons (Fsp3) is 0.150. The Morgan fingerprint density at radius 3 is 2.31 bits per heavy atom. The van der Waals surface area contributed by atoms with Gasteiger partial charge in [0.1, 0.15) is 0 Å². The summed E-state index contributed by atoms with van der Waals surface area (Å²) in [7, 11) is -1.88. The van der Waals surface area contributed by atoms with Crippen molar-refractivity contribution in [3.05, 3.63) is 71.5 Å². The van der Waals surface area contributed by atoms with Gasteiger partial charge in [-0.25, -0.2) is 13.1 Å². The maximum Gasteiger partial charge on any atom is 0.271 e. The van der Waals surface area contributed by atoms with Gasteiger partial charge < -0.3 is 10.6 Å². The number of nitrogens with zero attached hydrogens (tertiary/aromatic N) is 2. The highest BCUT2D eigenvalue weighted by Crippen LogP contribution is 2.19. The Hall–Kier alpha value is -3.46. The molecule has 29 heavy (non-hydrogen) atoms. The van der Waals surface area contributed by atoms with Gasteiger partial charge in [-0.1, -0.05) is 6.07 Å². The van der Waals surface area contributed by atoms with Gasteiger partial charge in [-0.3, -0.25) is 9.59 Å². The number of carbonyl (C=O) groups excluding carboxylic acids is 2. The van der Waals surface area contributed by atoms with E-state index in [4.69, 9.17) is 0 Å². The molecule has 0 atom stereocenters. The summed E-state index contributed by atoms with van der Waals surface area (Å²) in [5.41, 5.74) is 2.52. The van der Waals surface area contributed by atoms with Crippen molar-refractivity contribution in [1.82, 2.24) is 15.1 Å². The van der Waals surface area contributed by atoms with E-state index in [0.717, 1.165) is 6.26 Å². The first-order valence-electron chi connectivity index (χ1n) is 8.69. The lowest BCUT2D eigenvalue weighted by atomic mass is 10.1. The van der Waals surface area contributed by atoms with Gasteiger partial charge in [0.05, 0.1) is 10.6 Å². The molecule has 0 saturated carbocycles. The highest BCUT2D eigenvalue weighted by Gasteiger charge is 2.15. The molecule has 0 aliphatic heterocycles. The van der Waals surface area contributed by atoms with Crippen LogP contribution in [0.25, 0.3) is 5.69 Å². The van der Waals surface area contributed by atoms with Gasteiger partial charge in [-0.15, -0.1) is 0 Å². The molecule has 0 unspecified atom stereocenters. The van der Waals surface area contributed by atoms with E-state index < -0.39 is 15.7 Å². The molecule has 0 aliphatic carbocycles. The van der Waals surface area contributed by atoms with Crippen molar-refractivity contribution in [2.24, 2.45) is 0 Å². The molecule has 3 rings (SSSR count). The number of hydrogen-bond donors (Lipinski definition) is 2. The van der Waals surface area contributed by atoms with Gasteiger partial charge in [0, 0.05) is 30.8 Å². The molecular weight excluding hydrogens is 392 g/mol. The number of carbonyl (C=O) groups is 2. The van der Waals surface area contributed by atoms with E-state index in [9.17, 15) is 18.0 Å². The van der Waals surface area contributed by atoms with Gasteiger partial charge in [-0.05, 0) is 55.0 Å². The van der Waals surface area contributed by atoms with Gasteiger partial charge in [0.15, 0.2) is 15.5 Å². The number of anilines is 1. The topological polar surface area (TPSA) is 110 Å². The molecule has 0 radical (unpaired) electrons. The van der Waals surface area contributed by atoms with Crippen molar-refractivity contribution in [2.45, 2.75) is 11.8 Å². The first-order chi connectivity index (χ1) is 13.7. The summed E-state index contributed by atoms with van der Waals surface area (Å²) < 4.78 is 25.0. The van der Waals surface area contributed by atoms with Crippen LogP contribution in [-0.2, 0) is 9.84 Å². The van der Waals surface area contributed by atoms with E-state index >= 15 is 0 Å². The van der Waals surface area contributed by atoms with Gasteiger partial charge in [0.2, 0.25) is 0 Å². The molecule has 0 saturated heterocycles. The number of benzene rings is 2. The summed E-state index contributed by atoms with van der Waals surface area (Å²) in [6, 6.07) is 13.0. The summed E-state index contributed by atoms with van der Waals surface area (Å²) in [4.78, 5) is 24.3. The molecule has 9 heteroatoms. The van der Waals surface area contributed by atoms with Crippen molar-refractivity contribution >= 4 is 27.3 Å². The van der Waals surface area contributed by atoms with Crippen LogP contribution in [0.5, 0.6) is 0 Å². The van der Waals surface area contributed by atoms with E-state index in [-0.39, 0.29) is 10.8 Å². The van der Waals surface area contributed by atoms with Crippen molar-refractivity contribution in [3.8, 4) is 5.69 Å². The van der Waals surface area contributed by atoms with E-state index in [1.54, 1.807) is 54.2 Å². The van der Waals surface area contributed by atoms with E-state index in [0.29, 0.717) is 28.2 Å². The first kappa shape index (κ1) is 20.3. The number of amides is 2. The zero-order chi connectivity index (χ0) is 21.2. The van der Waals surface area contributed by atoms with Crippen molar-refractivity contribution in [3.63, 3.8) is 0 Å². The Morgan fingerprint density at radius 2 is 1.69 bits per heavy atom. The molecule has 1 aromatic heterocycles. The van der Waals surface area contributed by atoms with Gasteiger partial charge in [0.25, 0.3) is 11.8 Å². The standard InChI is InChI=1S/C20H20N4O4S/c1-13-4-9-16(29(3,27)28)12-17(13)19(25)22-14-5-7-15(8-6-14)24-11-10-18(23-24)20(26)21-2/h4-12H,1-3H3,(H,21,26)(H,22,25). The van der Waals surface area contributed by atoms with Gasteiger partial charge in [-0.2, -0.15) is 5.10 Å². The zero-order valence-electron chi connectivity index (χ0n) is 16.1. The van der Waals surface area contributed by atoms with Gasteiger partial charge >= 0.3 is 0 Å². The van der Waals surface area contributed by atoms with Crippen LogP contribution >= 0.6 is 0 Å². The molecule has 150 valence electrons. The highest BCUT2D eigenvalue weighted by molar-refractivity contribution is 7.90. The maximum absolute atomic E-state index is 12.6. The number of rotatable bonds is 5. The quantitative estimate of drug-likeness (QED) is 0.668. The molecule has 0 fully saturated rings. The number of nitrogens with one attached hydrogen (secondary N) is 2. The SMILES string of the molecule is CNC(=O)c1ccn(-c2ccc(NC(=O)c3cc(S(C)(=O)=O)ccc3C)cc2)n1. The second-order valence-electron chi connectivity index (χ2n) is 6.47. The molecular formula is C20H20N4O4S. The lowest BCUT2D eigenvalue weighted by Crippen LogP contribution is -2.18. The largest absolute Gasteiger partial charge is 0.354 e. The summed E-state index contributed by atoms with van der Waals surface area (Å²) in [5.74, 6) is -0.680. The number of sulfone groups is 1. The maximum atomic E-state index is 12.6. The fourth-order valence-electron chi connectivity index (χ4n) is 2.69. The van der Waals surface area contributed by atoms with E-state index in [1.807, 2.05) is 0 Å². The van der Waals surface area contributed by atoms with Crippen molar-refractivity contribution in [2.75, 3.05) is 18.6 Å². The minimum Gasteiger partial charge on any atom is -0.354 e. The van der Waals surface area contributed by atoms with E-state index in [1.165, 1.54) is 19.2 Å². The van der Waals surface area contributed by atoms with Crippen LogP contribution in [0.3, 0.4) is 0 Å². The van der Waals surface area contributed by atoms with Crippen molar-refractivity contribution < 1.29 is 18.0 Å². The first-order valence-corrected chi connectivity index (χ1v) is 10.6. The Morgan fingerprint density at radius 1 is 1.00 bits per heavy atom. The number of aryl methyl sites for hydroxylation is 1. The Bertz CT molecular complexity index is 1180. The predicted octanol–water partition coefficient (Wildman–Crippen LogP) is 2.20. The zero-order valence-corrected chi connectivity index (χ0v) is 16.9. The Labute approximate surface area is 168 Å². The van der Waals surface area contributed by atoms with Crippen LogP contribution in [0.15, 0.2) is 59.6 Å². The molecule has 0 bridgehead atoms. The molecule has 2 N–H and O–H groups in total. The normalized spacial score (nSPS) is 11.1. The second kappa shape index (κ2) is 7.88. The van der Waals surface area contributed by atoms with Crippen LogP contribution in [0.4, 0.5) is 5.69 Å². The lowest BCUT2D eigenvalue weighted by molar-refractivity contribution is 0.0956. The van der Waals surface area contributed by atoms with Crippen LogP contribution < -0.4 is 10.6 Å². The number of hydrogen-bond acceptors (Lipinski definition) is 5. The van der Waals surface area contributed by atoms with Crippen LogP contribution in [0.1, 0.15) is 26.4 Å².